The van der Waals surface area contributed by atoms with Gasteiger partial charge in [-0.1, -0.05) is 48.5 Å². The molecule has 3 aromatic carbocycles. The summed E-state index contributed by atoms with van der Waals surface area (Å²) in [5, 5.41) is 22.9. The second-order valence-corrected chi connectivity index (χ2v) is 8.06. The number of carbonyl (C=O) groups is 2. The van der Waals surface area contributed by atoms with E-state index in [-0.39, 0.29) is 17.3 Å². The molecular weight excluding hydrogens is 461 g/mol. The Morgan fingerprint density at radius 3 is 2.17 bits per heavy atom. The first-order valence-electron chi connectivity index (χ1n) is 11.1. The molecular formula is C28H20FN3O4. The van der Waals surface area contributed by atoms with E-state index in [2.05, 4.69) is 10.3 Å². The van der Waals surface area contributed by atoms with E-state index in [0.717, 1.165) is 11.3 Å². The van der Waals surface area contributed by atoms with Gasteiger partial charge in [-0.3, -0.25) is 9.59 Å². The normalized spacial score (nSPS) is 10.9. The fourth-order valence-corrected chi connectivity index (χ4v) is 4.28. The van der Waals surface area contributed by atoms with Crippen molar-refractivity contribution in [3.63, 3.8) is 0 Å². The fraction of sp³-hybridized carbons (Fsp3) is 0.0357. The molecule has 178 valence electrons. The van der Waals surface area contributed by atoms with E-state index in [4.69, 9.17) is 5.11 Å². The van der Waals surface area contributed by atoms with Crippen LogP contribution in [0.15, 0.2) is 91.1 Å². The molecule has 0 bridgehead atoms. The topological polar surface area (TPSA) is 104 Å². The molecule has 2 aromatic heterocycles. The maximum atomic E-state index is 13.8. The number of carbonyl (C=O) groups excluding carboxylic acids is 1. The Morgan fingerprint density at radius 1 is 0.889 bits per heavy atom. The summed E-state index contributed by atoms with van der Waals surface area (Å²) in [6.45, 7) is -0.616. The van der Waals surface area contributed by atoms with Crippen molar-refractivity contribution >= 4 is 22.8 Å². The van der Waals surface area contributed by atoms with Crippen LogP contribution in [0.3, 0.4) is 0 Å². The summed E-state index contributed by atoms with van der Waals surface area (Å²) in [5.41, 5.74) is 3.73. The predicted octanol–water partition coefficient (Wildman–Crippen LogP) is 5.02. The molecule has 0 saturated carbocycles. The van der Waals surface area contributed by atoms with E-state index in [1.807, 2.05) is 65.2 Å². The Morgan fingerprint density at radius 2 is 1.53 bits per heavy atom. The van der Waals surface area contributed by atoms with E-state index in [0.29, 0.717) is 27.7 Å². The van der Waals surface area contributed by atoms with Gasteiger partial charge in [0, 0.05) is 11.3 Å². The van der Waals surface area contributed by atoms with Crippen LogP contribution in [0.4, 0.5) is 4.39 Å². The number of benzene rings is 3. The number of pyridine rings is 1. The van der Waals surface area contributed by atoms with Gasteiger partial charge in [0.15, 0.2) is 11.4 Å². The summed E-state index contributed by atoms with van der Waals surface area (Å²) < 4.78 is 15.7. The number of aromatic hydroxyl groups is 1. The van der Waals surface area contributed by atoms with Gasteiger partial charge in [0.25, 0.3) is 5.91 Å². The molecule has 0 fully saturated rings. The Kier molecular flexibility index (Phi) is 5.92. The predicted molar refractivity (Wildman–Crippen MR) is 134 cm³/mol. The minimum atomic E-state index is -1.22. The van der Waals surface area contributed by atoms with Gasteiger partial charge in [0.1, 0.15) is 12.4 Å². The summed E-state index contributed by atoms with van der Waals surface area (Å²) >= 11 is 0. The summed E-state index contributed by atoms with van der Waals surface area (Å²) in [6.07, 6.45) is 1.47. The van der Waals surface area contributed by atoms with Crippen molar-refractivity contribution in [2.75, 3.05) is 6.54 Å². The lowest BCUT2D eigenvalue weighted by Crippen LogP contribution is -2.29. The maximum absolute atomic E-state index is 13.8. The van der Waals surface area contributed by atoms with E-state index in [9.17, 15) is 19.1 Å². The molecule has 5 aromatic rings. The van der Waals surface area contributed by atoms with E-state index < -0.39 is 18.4 Å². The molecule has 0 spiro atoms. The highest BCUT2D eigenvalue weighted by molar-refractivity contribution is 6.12. The number of nitrogens with one attached hydrogen (secondary N) is 1. The number of fused-ring (bicyclic) bond motifs is 1. The van der Waals surface area contributed by atoms with Crippen molar-refractivity contribution in [3.05, 3.63) is 103 Å². The van der Waals surface area contributed by atoms with Crippen LogP contribution in [0.25, 0.3) is 39.0 Å². The third-order valence-electron chi connectivity index (χ3n) is 5.79. The average molecular weight is 481 g/mol. The Balaban J connectivity index is 1.89. The molecule has 1 amide bonds. The van der Waals surface area contributed by atoms with Gasteiger partial charge in [-0.05, 0) is 47.5 Å². The summed E-state index contributed by atoms with van der Waals surface area (Å²) in [5.74, 6) is -2.80. The van der Waals surface area contributed by atoms with E-state index >= 15 is 0 Å². The molecule has 8 heteroatoms. The van der Waals surface area contributed by atoms with Crippen LogP contribution in [0.1, 0.15) is 10.5 Å². The molecule has 0 aliphatic heterocycles. The number of nitrogens with zero attached hydrogens (tertiary/aromatic N) is 2. The zero-order valence-electron chi connectivity index (χ0n) is 18.9. The van der Waals surface area contributed by atoms with Crippen molar-refractivity contribution in [1.82, 2.24) is 14.9 Å². The van der Waals surface area contributed by atoms with Gasteiger partial charge < -0.3 is 20.1 Å². The van der Waals surface area contributed by atoms with E-state index in [1.165, 1.54) is 18.3 Å². The van der Waals surface area contributed by atoms with Gasteiger partial charge >= 0.3 is 5.97 Å². The van der Waals surface area contributed by atoms with Crippen LogP contribution < -0.4 is 5.32 Å². The standard InChI is InChI=1S/C28H20FN3O4/c29-19-13-11-18(12-14-19)26-23(17-7-3-1-4-8-17)24-21(32(26)20-9-5-2-6-10-20)15-30-25(27(24)35)28(36)31-16-22(33)34/h1-15,35H,16H2,(H,31,36)(H,33,34). The second-order valence-electron chi connectivity index (χ2n) is 8.06. The molecule has 36 heavy (non-hydrogen) atoms. The number of amides is 1. The summed E-state index contributed by atoms with van der Waals surface area (Å²) in [7, 11) is 0. The third-order valence-corrected chi connectivity index (χ3v) is 5.79. The highest BCUT2D eigenvalue weighted by Gasteiger charge is 2.27. The van der Waals surface area contributed by atoms with Gasteiger partial charge in [0.05, 0.1) is 22.8 Å². The van der Waals surface area contributed by atoms with Crippen molar-refractivity contribution in [2.45, 2.75) is 0 Å². The highest BCUT2D eigenvalue weighted by atomic mass is 19.1. The largest absolute Gasteiger partial charge is 0.505 e. The Hall–Kier alpha value is -4.98. The van der Waals surface area contributed by atoms with Crippen LogP contribution in [0.2, 0.25) is 0 Å². The van der Waals surface area contributed by atoms with Crippen LogP contribution in [-0.4, -0.2) is 38.2 Å². The second kappa shape index (κ2) is 9.34. The minimum Gasteiger partial charge on any atom is -0.505 e. The number of hydrogen-bond donors (Lipinski definition) is 3. The number of halogens is 1. The number of aliphatic carboxylic acids is 1. The first kappa shape index (κ1) is 22.8. The lowest BCUT2D eigenvalue weighted by molar-refractivity contribution is -0.135. The number of aromatic nitrogens is 2. The molecule has 7 nitrogen and oxygen atoms in total. The first-order valence-corrected chi connectivity index (χ1v) is 11.1. The van der Waals surface area contributed by atoms with Gasteiger partial charge in [0.2, 0.25) is 0 Å². The van der Waals surface area contributed by atoms with Gasteiger partial charge in [-0.25, -0.2) is 9.37 Å². The van der Waals surface area contributed by atoms with Crippen molar-refractivity contribution in [2.24, 2.45) is 0 Å². The van der Waals surface area contributed by atoms with Crippen molar-refractivity contribution < 1.29 is 24.2 Å². The average Bonchev–Trinajstić information content (AvgIpc) is 3.25. The number of para-hydroxylation sites is 1. The molecule has 5 rings (SSSR count). The fourth-order valence-electron chi connectivity index (χ4n) is 4.28. The lowest BCUT2D eigenvalue weighted by atomic mass is 9.97. The quantitative estimate of drug-likeness (QED) is 0.316. The van der Waals surface area contributed by atoms with Gasteiger partial charge in [-0.15, -0.1) is 0 Å². The lowest BCUT2D eigenvalue weighted by Gasteiger charge is -2.13. The molecule has 0 radical (unpaired) electrons. The van der Waals surface area contributed by atoms with Crippen LogP contribution in [0.5, 0.6) is 5.75 Å². The Bertz CT molecular complexity index is 1580. The number of rotatable bonds is 6. The smallest absolute Gasteiger partial charge is 0.322 e. The van der Waals surface area contributed by atoms with Crippen molar-refractivity contribution in [3.8, 4) is 33.8 Å². The SMILES string of the molecule is O=C(O)CNC(=O)c1ncc2c(c1O)c(-c1ccccc1)c(-c1ccc(F)cc1)n2-c1ccccc1. The molecule has 0 saturated heterocycles. The van der Waals surface area contributed by atoms with E-state index in [1.54, 1.807) is 12.1 Å². The summed E-state index contributed by atoms with van der Waals surface area (Å²) in [4.78, 5) is 27.8. The minimum absolute atomic E-state index is 0.295. The van der Waals surface area contributed by atoms with Crippen LogP contribution >= 0.6 is 0 Å². The first-order chi connectivity index (χ1) is 17.5. The molecule has 3 N–H and O–H groups in total. The maximum Gasteiger partial charge on any atom is 0.322 e. The monoisotopic (exact) mass is 481 g/mol. The van der Waals surface area contributed by atoms with Crippen LogP contribution in [0, 0.1) is 5.82 Å². The molecule has 0 unspecified atom stereocenters. The van der Waals surface area contributed by atoms with Crippen LogP contribution in [-0.2, 0) is 4.79 Å². The third kappa shape index (κ3) is 4.05. The number of hydrogen-bond acceptors (Lipinski definition) is 4. The zero-order valence-corrected chi connectivity index (χ0v) is 18.9. The molecule has 0 aliphatic carbocycles. The molecule has 0 aliphatic rings. The van der Waals surface area contributed by atoms with Crippen molar-refractivity contribution in [1.29, 1.82) is 0 Å². The Labute approximate surface area is 205 Å². The molecule has 2 heterocycles. The summed E-state index contributed by atoms with van der Waals surface area (Å²) in [6, 6.07) is 24.8. The van der Waals surface area contributed by atoms with Gasteiger partial charge in [-0.2, -0.15) is 0 Å². The number of carboxylic acids is 1. The highest BCUT2D eigenvalue weighted by Crippen LogP contribution is 2.46. The number of carboxylic acid groups (broad SMARTS) is 1. The zero-order chi connectivity index (χ0) is 25.2. The molecule has 0 atom stereocenters.